The van der Waals surface area contributed by atoms with Crippen molar-refractivity contribution in [2.75, 3.05) is 4.72 Å². The molecule has 1 aromatic carbocycles. The van der Waals surface area contributed by atoms with Crippen molar-refractivity contribution in [1.29, 1.82) is 0 Å². The van der Waals surface area contributed by atoms with E-state index in [9.17, 15) is 8.42 Å². The molecule has 0 amide bonds. The summed E-state index contributed by atoms with van der Waals surface area (Å²) in [6.07, 6.45) is 0. The van der Waals surface area contributed by atoms with Crippen molar-refractivity contribution >= 4 is 38.6 Å². The van der Waals surface area contributed by atoms with Gasteiger partial charge in [0, 0.05) is 20.3 Å². The average Bonchev–Trinajstić information content (AvgIpc) is 3.03. The number of nitrogens with one attached hydrogen (secondary N) is 1. The van der Waals surface area contributed by atoms with Crippen LogP contribution in [0.2, 0.25) is 5.02 Å². The molecule has 0 spiro atoms. The summed E-state index contributed by atoms with van der Waals surface area (Å²) in [4.78, 5) is 1.78. The molecule has 2 heterocycles. The summed E-state index contributed by atoms with van der Waals surface area (Å²) in [7, 11) is -3.83. The molecule has 0 fully saturated rings. The summed E-state index contributed by atoms with van der Waals surface area (Å²) >= 11 is 7.54. The fourth-order valence-corrected chi connectivity index (χ4v) is 5.96. The molecule has 0 bridgehead atoms. The summed E-state index contributed by atoms with van der Waals surface area (Å²) in [5.74, 6) is 0.493. The van der Waals surface area contributed by atoms with Crippen molar-refractivity contribution < 1.29 is 12.9 Å². The molecule has 138 valence electrons. The fraction of sp³-hybridized carbons (Fsp3) is 0.278. The second kappa shape index (κ2) is 6.72. The van der Waals surface area contributed by atoms with Gasteiger partial charge in [0.1, 0.15) is 4.90 Å². The number of hydrogen-bond donors (Lipinski definition) is 1. The van der Waals surface area contributed by atoms with Gasteiger partial charge in [-0.15, -0.1) is 11.3 Å². The Labute approximate surface area is 162 Å². The highest BCUT2D eigenvalue weighted by Gasteiger charge is 2.30. The third kappa shape index (κ3) is 3.15. The van der Waals surface area contributed by atoms with E-state index >= 15 is 0 Å². The molecular formula is C18H19ClN2O3S2. The molecule has 0 aliphatic heterocycles. The highest BCUT2D eigenvalue weighted by molar-refractivity contribution is 7.93. The van der Waals surface area contributed by atoms with Crippen LogP contribution >= 0.6 is 22.9 Å². The van der Waals surface area contributed by atoms with Crippen LogP contribution in [-0.4, -0.2) is 13.6 Å². The first-order chi connectivity index (χ1) is 12.1. The zero-order chi connectivity index (χ0) is 19.2. The van der Waals surface area contributed by atoms with Gasteiger partial charge >= 0.3 is 0 Å². The van der Waals surface area contributed by atoms with Gasteiger partial charge in [-0.25, -0.2) is 8.42 Å². The van der Waals surface area contributed by atoms with Crippen LogP contribution in [0.5, 0.6) is 0 Å². The van der Waals surface area contributed by atoms with Crippen molar-refractivity contribution in [2.24, 2.45) is 0 Å². The van der Waals surface area contributed by atoms with Gasteiger partial charge in [-0.2, -0.15) is 0 Å². The number of benzene rings is 1. The third-order valence-corrected chi connectivity index (χ3v) is 7.47. The van der Waals surface area contributed by atoms with Gasteiger partial charge in [-0.3, -0.25) is 4.72 Å². The molecule has 5 nitrogen and oxygen atoms in total. The first-order valence-electron chi connectivity index (χ1n) is 7.94. The van der Waals surface area contributed by atoms with E-state index in [0.29, 0.717) is 32.5 Å². The highest BCUT2D eigenvalue weighted by atomic mass is 35.5. The Hall–Kier alpha value is -1.83. The molecule has 0 atom stereocenters. The number of halogens is 1. The normalized spacial score (nSPS) is 11.8. The number of aryl methyl sites for hydroxylation is 3. The maximum Gasteiger partial charge on any atom is 0.263 e. The van der Waals surface area contributed by atoms with E-state index in [1.807, 2.05) is 20.8 Å². The summed E-state index contributed by atoms with van der Waals surface area (Å²) in [6, 6.07) is 5.13. The molecule has 26 heavy (non-hydrogen) atoms. The van der Waals surface area contributed by atoms with E-state index in [-0.39, 0.29) is 4.90 Å². The predicted octanol–water partition coefficient (Wildman–Crippen LogP) is 5.40. The summed E-state index contributed by atoms with van der Waals surface area (Å²) in [5.41, 5.74) is 3.28. The first kappa shape index (κ1) is 18.9. The number of rotatable bonds is 4. The molecule has 8 heteroatoms. The lowest BCUT2D eigenvalue weighted by Gasteiger charge is -2.13. The van der Waals surface area contributed by atoms with Crippen molar-refractivity contribution in [1.82, 2.24) is 5.16 Å². The first-order valence-corrected chi connectivity index (χ1v) is 10.6. The van der Waals surface area contributed by atoms with Crippen molar-refractivity contribution in [3.8, 4) is 11.3 Å². The third-order valence-electron chi connectivity index (χ3n) is 4.37. The van der Waals surface area contributed by atoms with Gasteiger partial charge < -0.3 is 4.52 Å². The van der Waals surface area contributed by atoms with Gasteiger partial charge in [-0.1, -0.05) is 22.8 Å². The summed E-state index contributed by atoms with van der Waals surface area (Å²) in [5, 5.41) is 4.48. The van der Waals surface area contributed by atoms with E-state index in [1.165, 1.54) is 11.3 Å². The maximum atomic E-state index is 13.2. The van der Waals surface area contributed by atoms with Crippen LogP contribution in [0.4, 0.5) is 5.69 Å². The predicted molar refractivity (Wildman–Crippen MR) is 106 cm³/mol. The van der Waals surface area contributed by atoms with Crippen molar-refractivity contribution in [3.05, 3.63) is 49.8 Å². The minimum atomic E-state index is -3.83. The minimum absolute atomic E-state index is 0.221. The second-order valence-electron chi connectivity index (χ2n) is 6.16. The molecule has 1 N–H and O–H groups in total. The Balaban J connectivity index is 2.17. The van der Waals surface area contributed by atoms with Crippen LogP contribution in [0.15, 0.2) is 27.6 Å². The zero-order valence-corrected chi connectivity index (χ0v) is 17.5. The number of hydrogen-bond acceptors (Lipinski definition) is 5. The lowest BCUT2D eigenvalue weighted by Crippen LogP contribution is -2.15. The van der Waals surface area contributed by atoms with Crippen LogP contribution in [0.1, 0.15) is 26.6 Å². The van der Waals surface area contributed by atoms with Crippen LogP contribution in [-0.2, 0) is 10.0 Å². The van der Waals surface area contributed by atoms with Gasteiger partial charge in [0.2, 0.25) is 0 Å². The number of thiophene rings is 1. The van der Waals surface area contributed by atoms with Gasteiger partial charge in [0.05, 0.1) is 16.9 Å². The second-order valence-corrected chi connectivity index (χ2v) is 9.61. The van der Waals surface area contributed by atoms with Crippen LogP contribution < -0.4 is 4.72 Å². The number of anilines is 1. The largest absolute Gasteiger partial charge is 0.356 e. The molecular weight excluding hydrogens is 392 g/mol. The number of sulfonamides is 1. The van der Waals surface area contributed by atoms with E-state index < -0.39 is 10.0 Å². The lowest BCUT2D eigenvalue weighted by atomic mass is 10.1. The average molecular weight is 411 g/mol. The minimum Gasteiger partial charge on any atom is -0.356 e. The molecule has 2 aromatic heterocycles. The Bertz CT molecular complexity index is 1100. The SMILES string of the molecule is Cc1noc(-c2c(C)sc(C)c2S(=O)(=O)Nc2cccc(Cl)c2C)c1C. The molecule has 0 radical (unpaired) electrons. The van der Waals surface area contributed by atoms with E-state index in [1.54, 1.807) is 32.0 Å². The molecule has 3 aromatic rings. The molecule has 0 saturated heterocycles. The summed E-state index contributed by atoms with van der Waals surface area (Å²) in [6.45, 7) is 9.15. The Kier molecular flexibility index (Phi) is 4.90. The summed E-state index contributed by atoms with van der Waals surface area (Å²) < 4.78 is 34.5. The number of nitrogens with zero attached hydrogens (tertiary/aromatic N) is 1. The zero-order valence-electron chi connectivity index (χ0n) is 15.1. The Morgan fingerprint density at radius 1 is 1.08 bits per heavy atom. The maximum absolute atomic E-state index is 13.2. The highest BCUT2D eigenvalue weighted by Crippen LogP contribution is 2.41. The van der Waals surface area contributed by atoms with Gasteiger partial charge in [0.25, 0.3) is 10.0 Å². The van der Waals surface area contributed by atoms with Crippen LogP contribution in [0, 0.1) is 34.6 Å². The molecule has 0 aliphatic carbocycles. The lowest BCUT2D eigenvalue weighted by molar-refractivity contribution is 0.426. The van der Waals surface area contributed by atoms with Crippen LogP contribution in [0.25, 0.3) is 11.3 Å². The smallest absolute Gasteiger partial charge is 0.263 e. The quantitative estimate of drug-likeness (QED) is 0.625. The van der Waals surface area contributed by atoms with E-state index in [2.05, 4.69) is 9.88 Å². The molecule has 0 unspecified atom stereocenters. The topological polar surface area (TPSA) is 72.2 Å². The fourth-order valence-electron chi connectivity index (χ4n) is 2.81. The van der Waals surface area contributed by atoms with Crippen molar-refractivity contribution in [2.45, 2.75) is 39.5 Å². The van der Waals surface area contributed by atoms with E-state index in [0.717, 1.165) is 16.1 Å². The molecule has 3 rings (SSSR count). The van der Waals surface area contributed by atoms with E-state index in [4.69, 9.17) is 16.1 Å². The van der Waals surface area contributed by atoms with Gasteiger partial charge in [0.15, 0.2) is 5.76 Å². The van der Waals surface area contributed by atoms with Crippen molar-refractivity contribution in [3.63, 3.8) is 0 Å². The molecule has 0 saturated carbocycles. The molecule has 0 aliphatic rings. The Morgan fingerprint density at radius 2 is 1.77 bits per heavy atom. The number of aromatic nitrogens is 1. The standard InChI is InChI=1S/C18H19ClN2O3S2/c1-9-11(3)20-24-17(9)16-12(4)25-13(5)18(16)26(22,23)21-15-8-6-7-14(19)10(15)2/h6-8,21H,1-5H3. The monoisotopic (exact) mass is 410 g/mol. The van der Waals surface area contributed by atoms with Crippen LogP contribution in [0.3, 0.4) is 0 Å². The van der Waals surface area contributed by atoms with Gasteiger partial charge in [-0.05, 0) is 52.3 Å². The Morgan fingerprint density at radius 3 is 2.38 bits per heavy atom.